The number of anilines is 1. The second kappa shape index (κ2) is 8.76. The van der Waals surface area contributed by atoms with Crippen molar-refractivity contribution in [2.75, 3.05) is 19.5 Å². The number of ether oxygens (including phenoxy) is 2. The zero-order chi connectivity index (χ0) is 20.8. The average Bonchev–Trinajstić information content (AvgIpc) is 3.09. The predicted octanol–water partition coefficient (Wildman–Crippen LogP) is 3.37. The Hall–Kier alpha value is -4.05. The molecule has 146 valence electrons. The number of nitriles is 1. The molecule has 0 aliphatic carbocycles. The fourth-order valence-corrected chi connectivity index (χ4v) is 2.90. The van der Waals surface area contributed by atoms with E-state index in [1.165, 1.54) is 13.2 Å². The number of hydrogen-bond donors (Lipinski definition) is 1. The largest absolute Gasteiger partial charge is 0.497 e. The van der Waals surface area contributed by atoms with Crippen LogP contribution in [0.3, 0.4) is 0 Å². The number of carbonyl (C=O) groups excluding carboxylic acids is 2. The van der Waals surface area contributed by atoms with Gasteiger partial charge in [0.1, 0.15) is 23.9 Å². The van der Waals surface area contributed by atoms with E-state index >= 15 is 0 Å². The lowest BCUT2D eigenvalue weighted by molar-refractivity contribution is -0.141. The number of esters is 1. The molecule has 0 radical (unpaired) electrons. The number of benzene rings is 2. The molecule has 0 aliphatic rings. The minimum Gasteiger partial charge on any atom is -0.497 e. The molecule has 7 heteroatoms. The Morgan fingerprint density at radius 3 is 2.52 bits per heavy atom. The van der Waals surface area contributed by atoms with Gasteiger partial charge in [-0.3, -0.25) is 9.59 Å². The van der Waals surface area contributed by atoms with Crippen molar-refractivity contribution >= 4 is 34.5 Å². The molecule has 0 atom stereocenters. The molecule has 0 aliphatic heterocycles. The molecule has 1 N–H and O–H groups in total. The van der Waals surface area contributed by atoms with Gasteiger partial charge in [0.25, 0.3) is 5.91 Å². The Balaban J connectivity index is 1.91. The van der Waals surface area contributed by atoms with Crippen LogP contribution in [0.15, 0.2) is 60.3 Å². The number of carbonyl (C=O) groups is 2. The van der Waals surface area contributed by atoms with Crippen LogP contribution in [0.25, 0.3) is 17.0 Å². The van der Waals surface area contributed by atoms with Crippen LogP contribution in [-0.4, -0.2) is 30.7 Å². The zero-order valence-corrected chi connectivity index (χ0v) is 16.0. The normalized spacial score (nSPS) is 11.0. The number of amides is 1. The molecule has 0 saturated carbocycles. The summed E-state index contributed by atoms with van der Waals surface area (Å²) in [5.74, 6) is -0.251. The Labute approximate surface area is 167 Å². The summed E-state index contributed by atoms with van der Waals surface area (Å²) >= 11 is 0. The molecule has 0 unspecified atom stereocenters. The maximum Gasteiger partial charge on any atom is 0.325 e. The summed E-state index contributed by atoms with van der Waals surface area (Å²) in [6.07, 6.45) is 3.23. The highest BCUT2D eigenvalue weighted by atomic mass is 16.5. The summed E-state index contributed by atoms with van der Waals surface area (Å²) in [5, 5.41) is 13.0. The third-order valence-corrected chi connectivity index (χ3v) is 4.36. The number of para-hydroxylation sites is 1. The van der Waals surface area contributed by atoms with Crippen molar-refractivity contribution in [3.63, 3.8) is 0 Å². The molecule has 1 aromatic heterocycles. The first-order valence-corrected chi connectivity index (χ1v) is 8.77. The summed E-state index contributed by atoms with van der Waals surface area (Å²) in [6.45, 7) is 0.0325. The van der Waals surface area contributed by atoms with Crippen LogP contribution < -0.4 is 10.1 Å². The lowest BCUT2D eigenvalue weighted by Crippen LogP contribution is -2.13. The van der Waals surface area contributed by atoms with E-state index < -0.39 is 5.91 Å². The first-order chi connectivity index (χ1) is 14.0. The Morgan fingerprint density at radius 1 is 1.14 bits per heavy atom. The van der Waals surface area contributed by atoms with Crippen LogP contribution >= 0.6 is 0 Å². The third-order valence-electron chi connectivity index (χ3n) is 4.36. The van der Waals surface area contributed by atoms with Crippen LogP contribution in [-0.2, 0) is 20.9 Å². The van der Waals surface area contributed by atoms with Crippen LogP contribution in [0.1, 0.15) is 5.56 Å². The van der Waals surface area contributed by atoms with Crippen molar-refractivity contribution in [1.29, 1.82) is 5.26 Å². The van der Waals surface area contributed by atoms with Crippen LogP contribution in [0, 0.1) is 11.3 Å². The van der Waals surface area contributed by atoms with Crippen molar-refractivity contribution < 1.29 is 19.1 Å². The van der Waals surface area contributed by atoms with Crippen molar-refractivity contribution in [3.05, 3.63) is 65.9 Å². The number of aromatic nitrogens is 1. The maximum atomic E-state index is 12.6. The minimum absolute atomic E-state index is 0.0325. The van der Waals surface area contributed by atoms with Crippen molar-refractivity contribution in [2.24, 2.45) is 0 Å². The smallest absolute Gasteiger partial charge is 0.325 e. The lowest BCUT2D eigenvalue weighted by Gasteiger charge is -2.05. The maximum absolute atomic E-state index is 12.6. The quantitative estimate of drug-likeness (QED) is 0.396. The molecular formula is C22H19N3O4. The summed E-state index contributed by atoms with van der Waals surface area (Å²) in [6, 6.07) is 16.2. The van der Waals surface area contributed by atoms with Gasteiger partial charge in [-0.25, -0.2) is 0 Å². The SMILES string of the molecule is COC(=O)Cn1cc(/C=C(\C#N)C(=O)Nc2ccc(OC)cc2)c2ccccc21. The summed E-state index contributed by atoms with van der Waals surface area (Å²) in [7, 11) is 2.88. The highest BCUT2D eigenvalue weighted by molar-refractivity contribution is 6.10. The fraction of sp³-hybridized carbons (Fsp3) is 0.136. The number of fused-ring (bicyclic) bond motifs is 1. The number of hydrogen-bond acceptors (Lipinski definition) is 5. The average molecular weight is 389 g/mol. The Morgan fingerprint density at radius 2 is 1.86 bits per heavy atom. The number of nitrogens with zero attached hydrogens (tertiary/aromatic N) is 2. The van der Waals surface area contributed by atoms with E-state index in [0.29, 0.717) is 17.0 Å². The van der Waals surface area contributed by atoms with E-state index in [9.17, 15) is 14.9 Å². The van der Waals surface area contributed by atoms with E-state index in [-0.39, 0.29) is 18.1 Å². The highest BCUT2D eigenvalue weighted by Crippen LogP contribution is 2.24. The van der Waals surface area contributed by atoms with Gasteiger partial charge in [0.05, 0.1) is 14.2 Å². The van der Waals surface area contributed by atoms with Gasteiger partial charge in [0, 0.05) is 28.4 Å². The summed E-state index contributed by atoms with van der Waals surface area (Å²) < 4.78 is 11.5. The van der Waals surface area contributed by atoms with Gasteiger partial charge in [-0.1, -0.05) is 18.2 Å². The minimum atomic E-state index is -0.525. The summed E-state index contributed by atoms with van der Waals surface area (Å²) in [4.78, 5) is 24.2. The molecule has 29 heavy (non-hydrogen) atoms. The second-order valence-electron chi connectivity index (χ2n) is 6.16. The van der Waals surface area contributed by atoms with Gasteiger partial charge in [-0.05, 0) is 36.4 Å². The van der Waals surface area contributed by atoms with E-state index in [1.807, 2.05) is 30.3 Å². The Bertz CT molecular complexity index is 1120. The van der Waals surface area contributed by atoms with E-state index in [0.717, 1.165) is 10.9 Å². The topological polar surface area (TPSA) is 93.4 Å². The fourth-order valence-electron chi connectivity index (χ4n) is 2.90. The molecule has 0 bridgehead atoms. The van der Waals surface area contributed by atoms with Crippen LogP contribution in [0.2, 0.25) is 0 Å². The van der Waals surface area contributed by atoms with Crippen molar-refractivity contribution in [3.8, 4) is 11.8 Å². The number of rotatable bonds is 6. The van der Waals surface area contributed by atoms with E-state index in [4.69, 9.17) is 9.47 Å². The molecule has 1 amide bonds. The van der Waals surface area contributed by atoms with Gasteiger partial charge >= 0.3 is 5.97 Å². The first kappa shape index (κ1) is 19.7. The molecule has 3 aromatic rings. The molecule has 0 saturated heterocycles. The molecule has 1 heterocycles. The van der Waals surface area contributed by atoms with Crippen LogP contribution in [0.4, 0.5) is 5.69 Å². The molecule has 3 rings (SSSR count). The molecule has 2 aromatic carbocycles. The highest BCUT2D eigenvalue weighted by Gasteiger charge is 2.14. The van der Waals surface area contributed by atoms with Crippen LogP contribution in [0.5, 0.6) is 5.75 Å². The standard InChI is InChI=1S/C22H19N3O4/c1-28-18-9-7-17(8-10-18)24-22(27)15(12-23)11-16-13-25(14-21(26)29-2)20-6-4-3-5-19(16)20/h3-11,13H,14H2,1-2H3,(H,24,27)/b15-11+. The van der Waals surface area contributed by atoms with Crippen molar-refractivity contribution in [2.45, 2.75) is 6.54 Å². The third kappa shape index (κ3) is 4.45. The molecule has 0 spiro atoms. The van der Waals surface area contributed by atoms with Gasteiger partial charge in [0.15, 0.2) is 0 Å². The van der Waals surface area contributed by atoms with Crippen molar-refractivity contribution in [1.82, 2.24) is 4.57 Å². The number of methoxy groups -OCH3 is 2. The molecule has 0 fully saturated rings. The number of nitrogens with one attached hydrogen (secondary N) is 1. The second-order valence-corrected chi connectivity index (χ2v) is 6.16. The van der Waals surface area contributed by atoms with Gasteiger partial charge < -0.3 is 19.4 Å². The zero-order valence-electron chi connectivity index (χ0n) is 16.0. The monoisotopic (exact) mass is 389 g/mol. The molecular weight excluding hydrogens is 370 g/mol. The first-order valence-electron chi connectivity index (χ1n) is 8.77. The summed E-state index contributed by atoms with van der Waals surface area (Å²) in [5.41, 5.74) is 1.95. The van der Waals surface area contributed by atoms with Gasteiger partial charge in [-0.2, -0.15) is 5.26 Å². The predicted molar refractivity (Wildman–Crippen MR) is 109 cm³/mol. The molecule has 7 nitrogen and oxygen atoms in total. The van der Waals surface area contributed by atoms with Gasteiger partial charge in [-0.15, -0.1) is 0 Å². The Kier molecular flexibility index (Phi) is 5.95. The van der Waals surface area contributed by atoms with E-state index in [1.54, 1.807) is 42.1 Å². The van der Waals surface area contributed by atoms with Gasteiger partial charge in [0.2, 0.25) is 0 Å². The van der Waals surface area contributed by atoms with E-state index in [2.05, 4.69) is 5.32 Å². The lowest BCUT2D eigenvalue weighted by atomic mass is 10.1.